The number of carbonyl (C=O) groups is 1. The highest BCUT2D eigenvalue weighted by Gasteiger charge is 2.14. The van der Waals surface area contributed by atoms with E-state index in [2.05, 4.69) is 5.32 Å². The first-order chi connectivity index (χ1) is 10.6. The van der Waals surface area contributed by atoms with E-state index in [1.165, 1.54) is 17.4 Å². The molecule has 0 saturated carbocycles. The highest BCUT2D eigenvalue weighted by Crippen LogP contribution is 2.32. The number of thiophene rings is 1. The van der Waals surface area contributed by atoms with Gasteiger partial charge in [-0.15, -0.1) is 11.3 Å². The Balaban J connectivity index is 1.87. The van der Waals surface area contributed by atoms with Crippen LogP contribution in [0, 0.1) is 12.7 Å². The van der Waals surface area contributed by atoms with Crippen molar-refractivity contribution < 1.29 is 9.18 Å². The lowest BCUT2D eigenvalue weighted by molar-refractivity contribution is 0.103. The van der Waals surface area contributed by atoms with Crippen molar-refractivity contribution >= 4 is 22.9 Å². The minimum Gasteiger partial charge on any atom is -0.319 e. The third kappa shape index (κ3) is 2.92. The fraction of sp³-hybridized carbons (Fsp3) is 0.0556. The third-order valence-corrected chi connectivity index (χ3v) is 4.58. The van der Waals surface area contributed by atoms with Gasteiger partial charge in [-0.05, 0) is 36.2 Å². The summed E-state index contributed by atoms with van der Waals surface area (Å²) in [5, 5.41) is 2.61. The number of amides is 1. The van der Waals surface area contributed by atoms with Crippen molar-refractivity contribution in [1.82, 2.24) is 0 Å². The SMILES string of the molecule is Cc1cc(C(=O)Nc2ccccc2F)sc1-c1ccccc1. The number of para-hydroxylation sites is 1. The molecule has 0 spiro atoms. The number of carbonyl (C=O) groups excluding carboxylic acids is 1. The van der Waals surface area contributed by atoms with Crippen LogP contribution in [-0.2, 0) is 0 Å². The normalized spacial score (nSPS) is 10.5. The number of hydrogen-bond donors (Lipinski definition) is 1. The van der Waals surface area contributed by atoms with Gasteiger partial charge in [0.2, 0.25) is 0 Å². The first-order valence-corrected chi connectivity index (χ1v) is 7.68. The predicted octanol–water partition coefficient (Wildman–Crippen LogP) is 5.11. The van der Waals surface area contributed by atoms with Gasteiger partial charge in [0.1, 0.15) is 5.82 Å². The molecular formula is C18H14FNOS. The lowest BCUT2D eigenvalue weighted by atomic mass is 10.1. The van der Waals surface area contributed by atoms with Gasteiger partial charge in [-0.2, -0.15) is 0 Å². The molecule has 1 N–H and O–H groups in total. The Morgan fingerprint density at radius 1 is 1.05 bits per heavy atom. The van der Waals surface area contributed by atoms with E-state index in [1.54, 1.807) is 18.2 Å². The van der Waals surface area contributed by atoms with Gasteiger partial charge in [-0.25, -0.2) is 4.39 Å². The standard InChI is InChI=1S/C18H14FNOS/c1-12-11-16(22-17(12)13-7-3-2-4-8-13)18(21)20-15-10-6-5-9-14(15)19/h2-11H,1H3,(H,20,21). The van der Waals surface area contributed by atoms with Gasteiger partial charge in [0.25, 0.3) is 5.91 Å². The summed E-state index contributed by atoms with van der Waals surface area (Å²) in [6.45, 7) is 1.97. The van der Waals surface area contributed by atoms with E-state index in [1.807, 2.05) is 43.3 Å². The van der Waals surface area contributed by atoms with Crippen LogP contribution in [0.5, 0.6) is 0 Å². The number of halogens is 1. The molecule has 0 saturated heterocycles. The van der Waals surface area contributed by atoms with Crippen LogP contribution in [0.3, 0.4) is 0 Å². The molecule has 0 radical (unpaired) electrons. The zero-order valence-electron chi connectivity index (χ0n) is 12.0. The van der Waals surface area contributed by atoms with Crippen LogP contribution in [0.4, 0.5) is 10.1 Å². The first kappa shape index (κ1) is 14.5. The summed E-state index contributed by atoms with van der Waals surface area (Å²) in [5.41, 5.74) is 2.31. The maximum absolute atomic E-state index is 13.6. The summed E-state index contributed by atoms with van der Waals surface area (Å²) < 4.78 is 13.6. The van der Waals surface area contributed by atoms with Crippen LogP contribution in [0.1, 0.15) is 15.2 Å². The third-order valence-electron chi connectivity index (χ3n) is 3.30. The smallest absolute Gasteiger partial charge is 0.265 e. The Hall–Kier alpha value is -2.46. The van der Waals surface area contributed by atoms with E-state index >= 15 is 0 Å². The molecule has 1 heterocycles. The summed E-state index contributed by atoms with van der Waals surface area (Å²) >= 11 is 1.41. The molecule has 3 aromatic rings. The van der Waals surface area contributed by atoms with Gasteiger partial charge < -0.3 is 5.32 Å². The molecule has 0 unspecified atom stereocenters. The molecule has 0 aliphatic heterocycles. The summed E-state index contributed by atoms with van der Waals surface area (Å²) in [7, 11) is 0. The van der Waals surface area contributed by atoms with Crippen LogP contribution < -0.4 is 5.32 Å². The van der Waals surface area contributed by atoms with E-state index in [0.29, 0.717) is 4.88 Å². The lowest BCUT2D eigenvalue weighted by Crippen LogP contribution is -2.11. The Morgan fingerprint density at radius 2 is 1.73 bits per heavy atom. The Bertz CT molecular complexity index is 811. The molecular weight excluding hydrogens is 297 g/mol. The minimum absolute atomic E-state index is 0.194. The van der Waals surface area contributed by atoms with Crippen molar-refractivity contribution in [1.29, 1.82) is 0 Å². The van der Waals surface area contributed by atoms with Crippen LogP contribution in [0.2, 0.25) is 0 Å². The van der Waals surface area contributed by atoms with Gasteiger partial charge >= 0.3 is 0 Å². The molecule has 4 heteroatoms. The van der Waals surface area contributed by atoms with Crippen LogP contribution >= 0.6 is 11.3 Å². The number of aryl methyl sites for hydroxylation is 1. The second kappa shape index (κ2) is 6.12. The fourth-order valence-electron chi connectivity index (χ4n) is 2.22. The van der Waals surface area contributed by atoms with Crippen molar-refractivity contribution in [3.63, 3.8) is 0 Å². The van der Waals surface area contributed by atoms with Crippen molar-refractivity contribution in [2.75, 3.05) is 5.32 Å². The van der Waals surface area contributed by atoms with Crippen molar-refractivity contribution in [3.8, 4) is 10.4 Å². The van der Waals surface area contributed by atoms with E-state index in [9.17, 15) is 9.18 Å². The lowest BCUT2D eigenvalue weighted by Gasteiger charge is -2.04. The van der Waals surface area contributed by atoms with Crippen LogP contribution in [0.25, 0.3) is 10.4 Å². The van der Waals surface area contributed by atoms with Gasteiger partial charge in [-0.1, -0.05) is 42.5 Å². The number of hydrogen-bond acceptors (Lipinski definition) is 2. The zero-order valence-corrected chi connectivity index (χ0v) is 12.8. The van der Waals surface area contributed by atoms with E-state index in [4.69, 9.17) is 0 Å². The van der Waals surface area contributed by atoms with Crippen molar-refractivity contribution in [2.45, 2.75) is 6.92 Å². The van der Waals surface area contributed by atoms with Crippen LogP contribution in [0.15, 0.2) is 60.7 Å². The second-order valence-electron chi connectivity index (χ2n) is 4.92. The molecule has 1 aromatic heterocycles. The quantitative estimate of drug-likeness (QED) is 0.715. The molecule has 2 nitrogen and oxygen atoms in total. The Labute approximate surface area is 132 Å². The maximum atomic E-state index is 13.6. The summed E-state index contributed by atoms with van der Waals surface area (Å²) in [4.78, 5) is 13.9. The molecule has 0 atom stereocenters. The van der Waals surface area contributed by atoms with E-state index in [0.717, 1.165) is 16.0 Å². The fourth-order valence-corrected chi connectivity index (χ4v) is 3.29. The Kier molecular flexibility index (Phi) is 4.02. The molecule has 2 aromatic carbocycles. The summed E-state index contributed by atoms with van der Waals surface area (Å²) in [6, 6.07) is 17.9. The molecule has 0 aliphatic rings. The number of anilines is 1. The number of rotatable bonds is 3. The minimum atomic E-state index is -0.438. The monoisotopic (exact) mass is 311 g/mol. The van der Waals surface area contributed by atoms with E-state index in [-0.39, 0.29) is 11.6 Å². The molecule has 110 valence electrons. The highest BCUT2D eigenvalue weighted by molar-refractivity contribution is 7.17. The zero-order chi connectivity index (χ0) is 15.5. The average molecular weight is 311 g/mol. The molecule has 22 heavy (non-hydrogen) atoms. The topological polar surface area (TPSA) is 29.1 Å². The summed E-state index contributed by atoms with van der Waals surface area (Å²) in [5.74, 6) is -0.729. The maximum Gasteiger partial charge on any atom is 0.265 e. The van der Waals surface area contributed by atoms with Gasteiger partial charge in [0.15, 0.2) is 0 Å². The van der Waals surface area contributed by atoms with Crippen molar-refractivity contribution in [2.24, 2.45) is 0 Å². The Morgan fingerprint density at radius 3 is 2.45 bits per heavy atom. The molecule has 0 fully saturated rings. The number of nitrogens with one attached hydrogen (secondary N) is 1. The molecule has 3 rings (SSSR count). The largest absolute Gasteiger partial charge is 0.319 e. The van der Waals surface area contributed by atoms with Crippen molar-refractivity contribution in [3.05, 3.63) is 76.9 Å². The van der Waals surface area contributed by atoms with Gasteiger partial charge in [-0.3, -0.25) is 4.79 Å². The van der Waals surface area contributed by atoms with Gasteiger partial charge in [0.05, 0.1) is 10.6 Å². The summed E-state index contributed by atoms with van der Waals surface area (Å²) in [6.07, 6.45) is 0. The predicted molar refractivity (Wildman–Crippen MR) is 88.8 cm³/mol. The molecule has 0 bridgehead atoms. The number of benzene rings is 2. The van der Waals surface area contributed by atoms with Crippen LogP contribution in [-0.4, -0.2) is 5.91 Å². The van der Waals surface area contributed by atoms with E-state index < -0.39 is 5.82 Å². The van der Waals surface area contributed by atoms with Gasteiger partial charge in [0, 0.05) is 4.88 Å². The average Bonchev–Trinajstić information content (AvgIpc) is 2.92. The first-order valence-electron chi connectivity index (χ1n) is 6.87. The highest BCUT2D eigenvalue weighted by atomic mass is 32.1. The molecule has 0 aliphatic carbocycles. The second-order valence-corrected chi connectivity index (χ2v) is 5.97. The molecule has 1 amide bonds.